The molecule has 4 heterocycles. The fourth-order valence-corrected chi connectivity index (χ4v) is 3.98. The first-order chi connectivity index (χ1) is 12.8. The summed E-state index contributed by atoms with van der Waals surface area (Å²) >= 11 is 0. The summed E-state index contributed by atoms with van der Waals surface area (Å²) in [4.78, 5) is 23.3. The lowest BCUT2D eigenvalue weighted by Gasteiger charge is -2.40. The third-order valence-electron chi connectivity index (χ3n) is 5.31. The van der Waals surface area contributed by atoms with Gasteiger partial charge in [-0.3, -0.25) is 19.7 Å². The van der Waals surface area contributed by atoms with Crippen LogP contribution in [0, 0.1) is 5.92 Å². The summed E-state index contributed by atoms with van der Waals surface area (Å²) in [6.45, 7) is 2.90. The Kier molecular flexibility index (Phi) is 5.22. The minimum Gasteiger partial charge on any atom is -0.377 e. The molecule has 6 nitrogen and oxygen atoms in total. The third kappa shape index (κ3) is 3.92. The highest BCUT2D eigenvalue weighted by Crippen LogP contribution is 2.32. The smallest absolute Gasteiger partial charge is 0.224 e. The number of likely N-dealkylation sites (tertiary alicyclic amines) is 1. The van der Waals surface area contributed by atoms with Crippen LogP contribution >= 0.6 is 0 Å². The lowest BCUT2D eigenvalue weighted by molar-refractivity contribution is -0.130. The van der Waals surface area contributed by atoms with Crippen molar-refractivity contribution in [2.75, 3.05) is 13.2 Å². The van der Waals surface area contributed by atoms with Crippen LogP contribution in [-0.2, 0) is 22.6 Å². The van der Waals surface area contributed by atoms with E-state index in [1.807, 2.05) is 36.7 Å². The van der Waals surface area contributed by atoms with E-state index in [0.29, 0.717) is 12.6 Å². The molecule has 0 aromatic carbocycles. The molecule has 3 atom stereocenters. The van der Waals surface area contributed by atoms with Gasteiger partial charge in [0.25, 0.3) is 0 Å². The summed E-state index contributed by atoms with van der Waals surface area (Å²) in [6.07, 6.45) is 9.16. The van der Waals surface area contributed by atoms with Gasteiger partial charge in [-0.1, -0.05) is 6.07 Å². The molecule has 0 saturated carbocycles. The maximum Gasteiger partial charge on any atom is 0.224 e. The minimum absolute atomic E-state index is 0.0483. The number of nitrogens with zero attached hydrogens (tertiary/aromatic N) is 3. The standard InChI is InChI=1S/C20H24N4O2/c25-20(23-12-16-2-1-6-22-11-16)17-10-19-18(5-9-26-19)24(14-17)13-15-3-7-21-8-4-15/h1-4,6-8,11,17-19H,5,9-10,12-14H2,(H,23,25)/t17-,18-,19-/m1/s1. The van der Waals surface area contributed by atoms with Crippen molar-refractivity contribution in [1.82, 2.24) is 20.2 Å². The van der Waals surface area contributed by atoms with E-state index in [1.165, 1.54) is 5.56 Å². The molecule has 4 rings (SSSR count). The number of aromatic nitrogens is 2. The zero-order chi connectivity index (χ0) is 17.8. The van der Waals surface area contributed by atoms with Crippen molar-refractivity contribution in [1.29, 1.82) is 0 Å². The van der Waals surface area contributed by atoms with Crippen molar-refractivity contribution in [3.8, 4) is 0 Å². The lowest BCUT2D eigenvalue weighted by atomic mass is 9.89. The van der Waals surface area contributed by atoms with Gasteiger partial charge < -0.3 is 10.1 Å². The molecular weight excluding hydrogens is 328 g/mol. The normalized spacial score (nSPS) is 25.6. The van der Waals surface area contributed by atoms with E-state index in [1.54, 1.807) is 12.4 Å². The average Bonchev–Trinajstić information content (AvgIpc) is 3.17. The first kappa shape index (κ1) is 17.1. The van der Waals surface area contributed by atoms with Crippen LogP contribution in [-0.4, -0.2) is 46.1 Å². The topological polar surface area (TPSA) is 67.3 Å². The van der Waals surface area contributed by atoms with Crippen LogP contribution in [0.4, 0.5) is 0 Å². The van der Waals surface area contributed by atoms with Crippen molar-refractivity contribution < 1.29 is 9.53 Å². The van der Waals surface area contributed by atoms with Crippen molar-refractivity contribution in [2.24, 2.45) is 5.92 Å². The van der Waals surface area contributed by atoms with Gasteiger partial charge in [-0.2, -0.15) is 0 Å². The molecule has 2 aliphatic rings. The number of hydrogen-bond donors (Lipinski definition) is 1. The fourth-order valence-electron chi connectivity index (χ4n) is 3.98. The molecule has 2 aliphatic heterocycles. The van der Waals surface area contributed by atoms with Gasteiger partial charge >= 0.3 is 0 Å². The highest BCUT2D eigenvalue weighted by atomic mass is 16.5. The van der Waals surface area contributed by atoms with E-state index in [9.17, 15) is 4.79 Å². The Hall–Kier alpha value is -2.31. The summed E-state index contributed by atoms with van der Waals surface area (Å²) in [5.41, 5.74) is 2.24. The van der Waals surface area contributed by atoms with Crippen molar-refractivity contribution in [3.63, 3.8) is 0 Å². The highest BCUT2D eigenvalue weighted by Gasteiger charge is 2.42. The molecule has 0 spiro atoms. The summed E-state index contributed by atoms with van der Waals surface area (Å²) in [6, 6.07) is 8.34. The molecule has 2 aromatic rings. The van der Waals surface area contributed by atoms with Crippen molar-refractivity contribution in [2.45, 2.75) is 38.1 Å². The van der Waals surface area contributed by atoms with Gasteiger partial charge in [0.1, 0.15) is 0 Å². The largest absolute Gasteiger partial charge is 0.377 e. The molecule has 2 saturated heterocycles. The predicted octanol–water partition coefficient (Wildman–Crippen LogP) is 1.77. The van der Waals surface area contributed by atoms with Crippen LogP contribution in [0.3, 0.4) is 0 Å². The molecule has 1 N–H and O–H groups in total. The van der Waals surface area contributed by atoms with Gasteiger partial charge in [0.15, 0.2) is 0 Å². The summed E-state index contributed by atoms with van der Waals surface area (Å²) in [5.74, 6) is 0.0513. The van der Waals surface area contributed by atoms with Gasteiger partial charge in [-0.15, -0.1) is 0 Å². The van der Waals surface area contributed by atoms with Crippen LogP contribution in [0.25, 0.3) is 0 Å². The first-order valence-electron chi connectivity index (χ1n) is 9.21. The minimum atomic E-state index is -0.0483. The van der Waals surface area contributed by atoms with Crippen LogP contribution in [0.2, 0.25) is 0 Å². The number of nitrogens with one attached hydrogen (secondary N) is 1. The maximum atomic E-state index is 12.7. The Morgan fingerprint density at radius 3 is 2.88 bits per heavy atom. The van der Waals surface area contributed by atoms with Gasteiger partial charge in [0.05, 0.1) is 12.0 Å². The molecule has 0 radical (unpaired) electrons. The number of rotatable bonds is 5. The predicted molar refractivity (Wildman–Crippen MR) is 97.0 cm³/mol. The Bertz CT molecular complexity index is 725. The van der Waals surface area contributed by atoms with Crippen LogP contribution in [0.5, 0.6) is 0 Å². The molecule has 6 heteroatoms. The SMILES string of the molecule is O=C(NCc1cccnc1)[C@@H]1C[C@H]2OCC[C@H]2N(Cc2ccncc2)C1. The number of amides is 1. The van der Waals surface area contributed by atoms with Crippen LogP contribution in [0.15, 0.2) is 49.1 Å². The van der Waals surface area contributed by atoms with E-state index < -0.39 is 0 Å². The molecule has 1 amide bonds. The molecule has 26 heavy (non-hydrogen) atoms. The van der Waals surface area contributed by atoms with E-state index in [0.717, 1.165) is 38.1 Å². The second kappa shape index (κ2) is 7.93. The Morgan fingerprint density at radius 2 is 2.08 bits per heavy atom. The highest BCUT2D eigenvalue weighted by molar-refractivity contribution is 5.79. The van der Waals surface area contributed by atoms with E-state index in [-0.39, 0.29) is 17.9 Å². The monoisotopic (exact) mass is 352 g/mol. The zero-order valence-electron chi connectivity index (χ0n) is 14.8. The number of piperidine rings is 1. The Labute approximate surface area is 153 Å². The summed E-state index contributed by atoms with van der Waals surface area (Å²) in [7, 11) is 0. The van der Waals surface area contributed by atoms with Gasteiger partial charge in [0, 0.05) is 57.1 Å². The quantitative estimate of drug-likeness (QED) is 0.888. The molecular formula is C20H24N4O2. The van der Waals surface area contributed by atoms with E-state index >= 15 is 0 Å². The lowest BCUT2D eigenvalue weighted by Crippen LogP contribution is -2.52. The van der Waals surface area contributed by atoms with E-state index in [4.69, 9.17) is 4.74 Å². The Morgan fingerprint density at radius 1 is 1.19 bits per heavy atom. The number of carbonyl (C=O) groups is 1. The number of fused-ring (bicyclic) bond motifs is 1. The van der Waals surface area contributed by atoms with Gasteiger partial charge in [-0.05, 0) is 42.2 Å². The molecule has 0 bridgehead atoms. The zero-order valence-corrected chi connectivity index (χ0v) is 14.8. The van der Waals surface area contributed by atoms with Crippen LogP contribution in [0.1, 0.15) is 24.0 Å². The summed E-state index contributed by atoms with van der Waals surface area (Å²) in [5, 5.41) is 3.06. The second-order valence-electron chi connectivity index (χ2n) is 7.06. The van der Waals surface area contributed by atoms with E-state index in [2.05, 4.69) is 20.2 Å². The first-order valence-corrected chi connectivity index (χ1v) is 9.21. The van der Waals surface area contributed by atoms with Crippen molar-refractivity contribution in [3.05, 3.63) is 60.2 Å². The van der Waals surface area contributed by atoms with Crippen molar-refractivity contribution >= 4 is 5.91 Å². The second-order valence-corrected chi connectivity index (χ2v) is 7.06. The molecule has 0 aliphatic carbocycles. The molecule has 136 valence electrons. The molecule has 0 unspecified atom stereocenters. The summed E-state index contributed by atoms with van der Waals surface area (Å²) < 4.78 is 5.92. The fraction of sp³-hybridized carbons (Fsp3) is 0.450. The van der Waals surface area contributed by atoms with Gasteiger partial charge in [-0.25, -0.2) is 0 Å². The van der Waals surface area contributed by atoms with Gasteiger partial charge in [0.2, 0.25) is 5.91 Å². The molecule has 2 fully saturated rings. The Balaban J connectivity index is 1.41. The maximum absolute atomic E-state index is 12.7. The third-order valence-corrected chi connectivity index (χ3v) is 5.31. The number of hydrogen-bond acceptors (Lipinski definition) is 5. The number of carbonyl (C=O) groups excluding carboxylic acids is 1. The number of ether oxygens (including phenoxy) is 1. The van der Waals surface area contributed by atoms with Crippen LogP contribution < -0.4 is 5.32 Å². The molecule has 2 aromatic heterocycles. The average molecular weight is 352 g/mol. The number of pyridine rings is 2.